The Kier molecular flexibility index (Phi) is 4.98. The predicted octanol–water partition coefficient (Wildman–Crippen LogP) is 2.15. The lowest BCUT2D eigenvalue weighted by atomic mass is 9.84. The van der Waals surface area contributed by atoms with E-state index >= 15 is 0 Å². The Morgan fingerprint density at radius 3 is 1.69 bits per heavy atom. The lowest BCUT2D eigenvalue weighted by Crippen LogP contribution is -2.27. The van der Waals surface area contributed by atoms with Crippen molar-refractivity contribution in [1.82, 2.24) is 0 Å². The van der Waals surface area contributed by atoms with Crippen molar-refractivity contribution in [3.63, 3.8) is 0 Å². The minimum Gasteiger partial charge on any atom is -0.396 e. The summed E-state index contributed by atoms with van der Waals surface area (Å²) < 4.78 is 36.2. The molecule has 0 bridgehead atoms. The minimum absolute atomic E-state index is 0.0127. The van der Waals surface area contributed by atoms with E-state index in [1.165, 1.54) is 24.3 Å². The fourth-order valence-electron chi connectivity index (χ4n) is 3.35. The zero-order valence-corrected chi connectivity index (χ0v) is 14.8. The van der Waals surface area contributed by atoms with E-state index in [-0.39, 0.29) is 23.9 Å². The molecule has 0 saturated heterocycles. The summed E-state index contributed by atoms with van der Waals surface area (Å²) in [5.41, 5.74) is 2.68. The summed E-state index contributed by atoms with van der Waals surface area (Å²) >= 11 is 0. The highest BCUT2D eigenvalue weighted by Crippen LogP contribution is 2.49. The fourth-order valence-corrected chi connectivity index (χ4v) is 3.86. The van der Waals surface area contributed by atoms with Crippen LogP contribution in [0.25, 0.3) is 11.1 Å². The van der Waals surface area contributed by atoms with Crippen molar-refractivity contribution in [2.75, 3.05) is 13.2 Å². The number of aliphatic hydroxyl groups is 2. The lowest BCUT2D eigenvalue weighted by Gasteiger charge is -2.24. The molecular formula is C19H20FNO4S. The van der Waals surface area contributed by atoms with Crippen LogP contribution in [0.2, 0.25) is 0 Å². The Hall–Kier alpha value is -2.06. The van der Waals surface area contributed by atoms with Gasteiger partial charge in [0.15, 0.2) is 0 Å². The van der Waals surface area contributed by atoms with Crippen molar-refractivity contribution >= 4 is 21.2 Å². The fraction of sp³-hybridized carbons (Fsp3) is 0.263. The highest BCUT2D eigenvalue weighted by Gasteiger charge is 2.38. The summed E-state index contributed by atoms with van der Waals surface area (Å²) in [6.07, 6.45) is 0.874. The summed E-state index contributed by atoms with van der Waals surface area (Å²) in [6, 6.07) is 12.2. The normalized spacial score (nSPS) is 16.9. The van der Waals surface area contributed by atoms with E-state index in [2.05, 4.69) is 0 Å². The number of hydrogen-bond donors (Lipinski definition) is 3. The van der Waals surface area contributed by atoms with Gasteiger partial charge >= 0.3 is 0 Å². The number of benzene rings is 2. The molecule has 0 radical (unpaired) electrons. The molecule has 2 aromatic rings. The molecule has 0 aliphatic heterocycles. The van der Waals surface area contributed by atoms with Crippen LogP contribution in [0, 0.1) is 11.2 Å². The molecule has 0 heterocycles. The van der Waals surface area contributed by atoms with E-state index in [1.807, 2.05) is 0 Å². The van der Waals surface area contributed by atoms with Gasteiger partial charge in [-0.2, -0.15) is 0 Å². The Morgan fingerprint density at radius 1 is 0.885 bits per heavy atom. The maximum atomic E-state index is 13.3. The zero-order valence-electron chi connectivity index (χ0n) is 14.0. The second-order valence-electron chi connectivity index (χ2n) is 6.70. The zero-order chi connectivity index (χ0) is 18.9. The van der Waals surface area contributed by atoms with Crippen LogP contribution < -0.4 is 5.14 Å². The number of allylic oxidation sites excluding steroid dienone is 2. The number of primary sulfonamides is 1. The van der Waals surface area contributed by atoms with Crippen molar-refractivity contribution in [1.29, 1.82) is 0 Å². The van der Waals surface area contributed by atoms with Crippen LogP contribution in [0.3, 0.4) is 0 Å². The van der Waals surface area contributed by atoms with Gasteiger partial charge in [-0.15, -0.1) is 0 Å². The first-order valence-electron chi connectivity index (χ1n) is 8.11. The molecule has 0 saturated carbocycles. The molecule has 138 valence electrons. The number of aliphatic hydroxyl groups excluding tert-OH is 2. The third kappa shape index (κ3) is 3.57. The molecule has 7 heteroatoms. The van der Waals surface area contributed by atoms with Gasteiger partial charge in [-0.25, -0.2) is 17.9 Å². The Bertz CT molecular complexity index is 931. The average molecular weight is 377 g/mol. The van der Waals surface area contributed by atoms with E-state index in [0.717, 1.165) is 22.3 Å². The quantitative estimate of drug-likeness (QED) is 0.743. The molecule has 4 N–H and O–H groups in total. The lowest BCUT2D eigenvalue weighted by molar-refractivity contribution is 0.0677. The van der Waals surface area contributed by atoms with Crippen LogP contribution in [0.1, 0.15) is 24.0 Å². The molecule has 0 aromatic heterocycles. The first-order valence-corrected chi connectivity index (χ1v) is 9.65. The van der Waals surface area contributed by atoms with Gasteiger partial charge in [-0.05, 0) is 59.4 Å². The summed E-state index contributed by atoms with van der Waals surface area (Å²) in [5.74, 6) is -0.345. The summed E-state index contributed by atoms with van der Waals surface area (Å²) in [6.45, 7) is -0.375. The summed E-state index contributed by atoms with van der Waals surface area (Å²) in [4.78, 5) is 0.0127. The Morgan fingerprint density at radius 2 is 1.31 bits per heavy atom. The van der Waals surface area contributed by atoms with Crippen LogP contribution >= 0.6 is 0 Å². The molecule has 0 spiro atoms. The maximum absolute atomic E-state index is 13.3. The molecule has 5 nitrogen and oxygen atoms in total. The molecule has 1 aliphatic rings. The topological polar surface area (TPSA) is 101 Å². The standard InChI is InChI=1S/C19H20FNO4S/c20-15-5-1-13(2-6-15)17-9-19(11-22,12-23)10-18(17)14-3-7-16(8-4-14)26(21,24)25/h1-8,22-23H,9-12H2,(H2,21,24,25). The molecule has 0 unspecified atom stereocenters. The van der Waals surface area contributed by atoms with E-state index in [1.54, 1.807) is 24.3 Å². The molecule has 1 aliphatic carbocycles. The van der Waals surface area contributed by atoms with Crippen molar-refractivity contribution in [3.8, 4) is 0 Å². The average Bonchev–Trinajstić information content (AvgIpc) is 3.02. The number of nitrogens with two attached hydrogens (primary N) is 1. The Balaban J connectivity index is 2.09. The first-order chi connectivity index (χ1) is 12.3. The SMILES string of the molecule is NS(=O)(=O)c1ccc(C2=C(c3ccc(F)cc3)CC(CO)(CO)C2)cc1. The maximum Gasteiger partial charge on any atom is 0.238 e. The molecular weight excluding hydrogens is 357 g/mol. The monoisotopic (exact) mass is 377 g/mol. The highest BCUT2D eigenvalue weighted by atomic mass is 32.2. The largest absolute Gasteiger partial charge is 0.396 e. The van der Waals surface area contributed by atoms with Crippen LogP contribution in [0.15, 0.2) is 53.4 Å². The van der Waals surface area contributed by atoms with Crippen molar-refractivity contribution in [2.24, 2.45) is 10.6 Å². The number of halogens is 1. The van der Waals surface area contributed by atoms with Gasteiger partial charge in [-0.3, -0.25) is 0 Å². The van der Waals surface area contributed by atoms with Gasteiger partial charge < -0.3 is 10.2 Å². The minimum atomic E-state index is -3.78. The van der Waals surface area contributed by atoms with Gasteiger partial charge in [0, 0.05) is 5.41 Å². The third-order valence-electron chi connectivity index (χ3n) is 4.86. The van der Waals surface area contributed by atoms with Gasteiger partial charge in [0.05, 0.1) is 18.1 Å². The van der Waals surface area contributed by atoms with Gasteiger partial charge in [-0.1, -0.05) is 24.3 Å². The van der Waals surface area contributed by atoms with E-state index in [9.17, 15) is 23.0 Å². The van der Waals surface area contributed by atoms with Crippen LogP contribution in [-0.4, -0.2) is 31.8 Å². The summed E-state index contributed by atoms with van der Waals surface area (Å²) in [7, 11) is -3.78. The van der Waals surface area contributed by atoms with Crippen LogP contribution in [0.4, 0.5) is 4.39 Å². The number of hydrogen-bond acceptors (Lipinski definition) is 4. The Labute approximate surface area is 151 Å². The molecule has 0 atom stereocenters. The second kappa shape index (κ2) is 6.92. The first kappa shape index (κ1) is 18.7. The summed E-state index contributed by atoms with van der Waals surface area (Å²) in [5, 5.41) is 24.7. The third-order valence-corrected chi connectivity index (χ3v) is 5.79. The number of sulfonamides is 1. The van der Waals surface area contributed by atoms with Gasteiger partial charge in [0.1, 0.15) is 5.82 Å². The van der Waals surface area contributed by atoms with Crippen LogP contribution in [0.5, 0.6) is 0 Å². The van der Waals surface area contributed by atoms with Gasteiger partial charge in [0.2, 0.25) is 10.0 Å². The van der Waals surface area contributed by atoms with Crippen molar-refractivity contribution in [2.45, 2.75) is 17.7 Å². The van der Waals surface area contributed by atoms with E-state index in [4.69, 9.17) is 5.14 Å². The van der Waals surface area contributed by atoms with Crippen molar-refractivity contribution in [3.05, 3.63) is 65.5 Å². The van der Waals surface area contributed by atoms with Crippen LogP contribution in [-0.2, 0) is 10.0 Å². The second-order valence-corrected chi connectivity index (χ2v) is 8.26. The molecule has 2 aromatic carbocycles. The van der Waals surface area contributed by atoms with E-state index < -0.39 is 15.4 Å². The highest BCUT2D eigenvalue weighted by molar-refractivity contribution is 7.89. The smallest absolute Gasteiger partial charge is 0.238 e. The predicted molar refractivity (Wildman–Crippen MR) is 96.9 cm³/mol. The number of rotatable bonds is 5. The molecule has 0 fully saturated rings. The van der Waals surface area contributed by atoms with Gasteiger partial charge in [0.25, 0.3) is 0 Å². The molecule has 26 heavy (non-hydrogen) atoms. The van der Waals surface area contributed by atoms with Crippen molar-refractivity contribution < 1.29 is 23.0 Å². The molecule has 0 amide bonds. The van der Waals surface area contributed by atoms with E-state index in [0.29, 0.717) is 12.8 Å². The molecule has 3 rings (SSSR count).